The summed E-state index contributed by atoms with van der Waals surface area (Å²) in [6.45, 7) is 3.57. The largest absolute Gasteiger partial charge is 0.493 e. The predicted molar refractivity (Wildman–Crippen MR) is 89.7 cm³/mol. The molecule has 0 unspecified atom stereocenters. The van der Waals surface area contributed by atoms with Crippen molar-refractivity contribution in [2.45, 2.75) is 58.0 Å². The highest BCUT2D eigenvalue weighted by atomic mass is 35.5. The maximum atomic E-state index is 5.63. The number of methoxy groups -OCH3 is 1. The van der Waals surface area contributed by atoms with Crippen LogP contribution in [0.1, 0.15) is 51.0 Å². The molecule has 120 valence electrons. The van der Waals surface area contributed by atoms with Crippen molar-refractivity contribution < 1.29 is 9.47 Å². The standard InChI is InChI=1S/C17H27NO2.ClH/c1-3-20-17-12-14(10-11-16(17)19-2)13-18-15-8-6-4-5-7-9-15;/h10-12,15,18H,3-9,13H2,1-2H3;1H. The highest BCUT2D eigenvalue weighted by molar-refractivity contribution is 5.85. The Balaban J connectivity index is 0.00000220. The first-order chi connectivity index (χ1) is 9.83. The summed E-state index contributed by atoms with van der Waals surface area (Å²) >= 11 is 0. The first-order valence-corrected chi connectivity index (χ1v) is 7.86. The monoisotopic (exact) mass is 313 g/mol. The Hall–Kier alpha value is -0.930. The molecule has 0 aromatic heterocycles. The Morgan fingerprint density at radius 3 is 2.43 bits per heavy atom. The van der Waals surface area contributed by atoms with E-state index in [0.29, 0.717) is 12.6 Å². The van der Waals surface area contributed by atoms with E-state index in [9.17, 15) is 0 Å². The van der Waals surface area contributed by atoms with Crippen molar-refractivity contribution in [3.8, 4) is 11.5 Å². The molecule has 1 fully saturated rings. The van der Waals surface area contributed by atoms with Gasteiger partial charge < -0.3 is 14.8 Å². The fraction of sp³-hybridized carbons (Fsp3) is 0.647. The van der Waals surface area contributed by atoms with E-state index in [4.69, 9.17) is 9.47 Å². The van der Waals surface area contributed by atoms with Gasteiger partial charge >= 0.3 is 0 Å². The lowest BCUT2D eigenvalue weighted by molar-refractivity contribution is 0.310. The van der Waals surface area contributed by atoms with Gasteiger partial charge in [0.2, 0.25) is 0 Å². The van der Waals surface area contributed by atoms with Gasteiger partial charge in [0.15, 0.2) is 11.5 Å². The minimum atomic E-state index is 0. The molecule has 1 saturated carbocycles. The Morgan fingerprint density at radius 1 is 1.10 bits per heavy atom. The third-order valence-corrected chi connectivity index (χ3v) is 3.98. The highest BCUT2D eigenvalue weighted by Crippen LogP contribution is 2.28. The second kappa shape index (κ2) is 9.91. The lowest BCUT2D eigenvalue weighted by atomic mass is 10.1. The lowest BCUT2D eigenvalue weighted by Gasteiger charge is -2.17. The van der Waals surface area contributed by atoms with Gasteiger partial charge in [0.1, 0.15) is 0 Å². The van der Waals surface area contributed by atoms with Crippen molar-refractivity contribution in [3.05, 3.63) is 23.8 Å². The minimum absolute atomic E-state index is 0. The second-order valence-electron chi connectivity index (χ2n) is 5.49. The van der Waals surface area contributed by atoms with E-state index in [1.165, 1.54) is 44.1 Å². The summed E-state index contributed by atoms with van der Waals surface area (Å²) in [6.07, 6.45) is 8.16. The molecular weight excluding hydrogens is 286 g/mol. The average molecular weight is 314 g/mol. The predicted octanol–water partition coefficient (Wildman–Crippen LogP) is 4.33. The number of nitrogens with one attached hydrogen (secondary N) is 1. The van der Waals surface area contributed by atoms with Crippen molar-refractivity contribution in [2.24, 2.45) is 0 Å². The number of benzene rings is 1. The molecule has 0 radical (unpaired) electrons. The zero-order chi connectivity index (χ0) is 14.2. The maximum absolute atomic E-state index is 5.63. The maximum Gasteiger partial charge on any atom is 0.161 e. The van der Waals surface area contributed by atoms with Crippen LogP contribution in [0, 0.1) is 0 Å². The molecule has 1 aliphatic rings. The van der Waals surface area contributed by atoms with E-state index in [0.717, 1.165) is 18.0 Å². The molecule has 0 bridgehead atoms. The first kappa shape index (κ1) is 18.1. The van der Waals surface area contributed by atoms with Gasteiger partial charge in [-0.3, -0.25) is 0 Å². The third-order valence-electron chi connectivity index (χ3n) is 3.98. The molecule has 1 N–H and O–H groups in total. The van der Waals surface area contributed by atoms with Crippen molar-refractivity contribution >= 4 is 12.4 Å². The van der Waals surface area contributed by atoms with Crippen LogP contribution in [0.25, 0.3) is 0 Å². The van der Waals surface area contributed by atoms with Gasteiger partial charge in [-0.25, -0.2) is 0 Å². The van der Waals surface area contributed by atoms with E-state index < -0.39 is 0 Å². The van der Waals surface area contributed by atoms with Gasteiger partial charge in [0.05, 0.1) is 13.7 Å². The molecule has 0 atom stereocenters. The summed E-state index contributed by atoms with van der Waals surface area (Å²) in [7, 11) is 1.68. The van der Waals surface area contributed by atoms with E-state index in [1.807, 2.05) is 13.0 Å². The summed E-state index contributed by atoms with van der Waals surface area (Å²) in [4.78, 5) is 0. The van der Waals surface area contributed by atoms with Crippen molar-refractivity contribution in [1.82, 2.24) is 5.32 Å². The van der Waals surface area contributed by atoms with E-state index in [1.54, 1.807) is 7.11 Å². The van der Waals surface area contributed by atoms with E-state index in [2.05, 4.69) is 17.4 Å². The van der Waals surface area contributed by atoms with Crippen molar-refractivity contribution in [2.75, 3.05) is 13.7 Å². The third kappa shape index (κ3) is 5.76. The quantitative estimate of drug-likeness (QED) is 0.793. The van der Waals surface area contributed by atoms with E-state index in [-0.39, 0.29) is 12.4 Å². The molecule has 0 saturated heterocycles. The Bertz CT molecular complexity index is 404. The fourth-order valence-corrected chi connectivity index (χ4v) is 2.85. The smallest absolute Gasteiger partial charge is 0.161 e. The molecule has 21 heavy (non-hydrogen) atoms. The number of hydrogen-bond acceptors (Lipinski definition) is 3. The molecule has 3 nitrogen and oxygen atoms in total. The topological polar surface area (TPSA) is 30.5 Å². The number of rotatable bonds is 6. The average Bonchev–Trinajstić information content (AvgIpc) is 2.74. The van der Waals surface area contributed by atoms with Crippen LogP contribution < -0.4 is 14.8 Å². The van der Waals surface area contributed by atoms with Gasteiger partial charge in [0, 0.05) is 12.6 Å². The summed E-state index contributed by atoms with van der Waals surface area (Å²) in [5, 5.41) is 3.69. The molecule has 1 aromatic rings. The van der Waals surface area contributed by atoms with Gasteiger partial charge in [0.25, 0.3) is 0 Å². The molecule has 0 spiro atoms. The zero-order valence-electron chi connectivity index (χ0n) is 13.2. The van der Waals surface area contributed by atoms with Crippen LogP contribution in [-0.4, -0.2) is 19.8 Å². The Labute approximate surface area is 134 Å². The molecule has 0 heterocycles. The minimum Gasteiger partial charge on any atom is -0.493 e. The van der Waals surface area contributed by atoms with Gasteiger partial charge in [-0.05, 0) is 37.5 Å². The summed E-state index contributed by atoms with van der Waals surface area (Å²) in [5.74, 6) is 1.65. The molecule has 2 rings (SSSR count). The van der Waals surface area contributed by atoms with Crippen LogP contribution in [0.15, 0.2) is 18.2 Å². The molecule has 4 heteroatoms. The van der Waals surface area contributed by atoms with Crippen LogP contribution in [0.4, 0.5) is 0 Å². The molecule has 1 aliphatic carbocycles. The van der Waals surface area contributed by atoms with Crippen LogP contribution in [0.5, 0.6) is 11.5 Å². The molecule has 1 aromatic carbocycles. The van der Waals surface area contributed by atoms with Crippen molar-refractivity contribution in [1.29, 1.82) is 0 Å². The normalized spacial score (nSPS) is 15.9. The second-order valence-corrected chi connectivity index (χ2v) is 5.49. The van der Waals surface area contributed by atoms with Gasteiger partial charge in [-0.15, -0.1) is 12.4 Å². The van der Waals surface area contributed by atoms with Crippen molar-refractivity contribution in [3.63, 3.8) is 0 Å². The number of hydrogen-bond donors (Lipinski definition) is 1. The highest BCUT2D eigenvalue weighted by Gasteiger charge is 2.12. The van der Waals surface area contributed by atoms with E-state index >= 15 is 0 Å². The Morgan fingerprint density at radius 2 is 1.81 bits per heavy atom. The zero-order valence-corrected chi connectivity index (χ0v) is 14.0. The number of halogens is 1. The lowest BCUT2D eigenvalue weighted by Crippen LogP contribution is -2.27. The number of ether oxygens (including phenoxy) is 2. The summed E-state index contributed by atoms with van der Waals surface area (Å²) < 4.78 is 10.9. The molecule has 0 aliphatic heterocycles. The Kier molecular flexibility index (Phi) is 8.55. The van der Waals surface area contributed by atoms with Gasteiger partial charge in [-0.1, -0.05) is 31.7 Å². The SMILES string of the molecule is CCOc1cc(CNC2CCCCCC2)ccc1OC.Cl. The van der Waals surface area contributed by atoms with Crippen LogP contribution in [-0.2, 0) is 6.54 Å². The van der Waals surface area contributed by atoms with Crippen LogP contribution in [0.3, 0.4) is 0 Å². The summed E-state index contributed by atoms with van der Waals surface area (Å²) in [6, 6.07) is 6.88. The fourth-order valence-electron chi connectivity index (χ4n) is 2.85. The molecular formula is C17H28ClNO2. The van der Waals surface area contributed by atoms with Gasteiger partial charge in [-0.2, -0.15) is 0 Å². The molecule has 0 amide bonds. The van der Waals surface area contributed by atoms with Crippen LogP contribution in [0.2, 0.25) is 0 Å². The first-order valence-electron chi connectivity index (χ1n) is 7.86. The van der Waals surface area contributed by atoms with Crippen LogP contribution >= 0.6 is 12.4 Å². The summed E-state index contributed by atoms with van der Waals surface area (Å²) in [5.41, 5.74) is 1.26.